The Labute approximate surface area is 144 Å². The lowest BCUT2D eigenvalue weighted by Crippen LogP contribution is -2.51. The second-order valence-corrected chi connectivity index (χ2v) is 8.09. The van der Waals surface area contributed by atoms with Crippen molar-refractivity contribution in [2.24, 2.45) is 0 Å². The normalized spacial score (nSPS) is 17.5. The molecule has 23 heavy (non-hydrogen) atoms. The molecule has 2 aromatic heterocycles. The van der Waals surface area contributed by atoms with Crippen LogP contribution in [0, 0.1) is 0 Å². The van der Waals surface area contributed by atoms with Crippen LogP contribution in [0.5, 0.6) is 0 Å². The Morgan fingerprint density at radius 2 is 2.17 bits per heavy atom. The van der Waals surface area contributed by atoms with Crippen molar-refractivity contribution in [1.82, 2.24) is 9.88 Å². The van der Waals surface area contributed by atoms with Crippen LogP contribution >= 0.6 is 22.7 Å². The molecule has 1 atom stereocenters. The van der Waals surface area contributed by atoms with Crippen molar-refractivity contribution >= 4 is 32.8 Å². The maximum atomic E-state index is 9.45. The number of nitrogens with zero attached hydrogens (tertiary/aromatic N) is 2. The molecule has 0 bridgehead atoms. The average molecular weight is 345 g/mol. The Kier molecular flexibility index (Phi) is 4.20. The molecule has 1 aliphatic heterocycles. The van der Waals surface area contributed by atoms with Gasteiger partial charge in [0, 0.05) is 40.5 Å². The molecule has 1 N–H and O–H groups in total. The van der Waals surface area contributed by atoms with Crippen LogP contribution in [-0.4, -0.2) is 40.7 Å². The zero-order chi connectivity index (χ0) is 15.8. The van der Waals surface area contributed by atoms with Crippen LogP contribution in [-0.2, 0) is 6.42 Å². The van der Waals surface area contributed by atoms with Gasteiger partial charge in [-0.1, -0.05) is 25.1 Å². The number of hydrogen-bond donors (Lipinski definition) is 1. The fourth-order valence-corrected chi connectivity index (χ4v) is 5.28. The van der Waals surface area contributed by atoms with Gasteiger partial charge in [0.1, 0.15) is 0 Å². The molecule has 5 heteroatoms. The van der Waals surface area contributed by atoms with Crippen LogP contribution in [0.2, 0.25) is 0 Å². The third-order valence-electron chi connectivity index (χ3n) is 4.63. The fourth-order valence-electron chi connectivity index (χ4n) is 3.34. The molecule has 1 saturated heterocycles. The number of thiazole rings is 1. The zero-order valence-electron chi connectivity index (χ0n) is 13.1. The van der Waals surface area contributed by atoms with Gasteiger partial charge in [-0.25, -0.2) is 4.98 Å². The summed E-state index contributed by atoms with van der Waals surface area (Å²) in [6.45, 7) is 4.94. The molecule has 0 amide bonds. The summed E-state index contributed by atoms with van der Waals surface area (Å²) in [7, 11) is 0. The number of rotatable bonds is 5. The van der Waals surface area contributed by atoms with E-state index in [2.05, 4.69) is 46.5 Å². The molecule has 0 saturated carbocycles. The third-order valence-corrected chi connectivity index (χ3v) is 6.48. The van der Waals surface area contributed by atoms with Gasteiger partial charge in [-0.05, 0) is 23.4 Å². The highest BCUT2D eigenvalue weighted by Gasteiger charge is 2.25. The summed E-state index contributed by atoms with van der Waals surface area (Å²) < 4.78 is 1.36. The van der Waals surface area contributed by atoms with Crippen LogP contribution in [0.25, 0.3) is 10.1 Å². The van der Waals surface area contributed by atoms with Crippen LogP contribution in [0.1, 0.15) is 29.0 Å². The molecule has 3 aromatic rings. The number of β-amino-alcohol motifs (C(OH)–C–C–N with tert-alkyl or cyclic N) is 1. The molecule has 1 aromatic carbocycles. The van der Waals surface area contributed by atoms with Gasteiger partial charge in [0.05, 0.1) is 17.3 Å². The molecule has 1 aliphatic rings. The number of likely N-dealkylation sites (tertiary alicyclic amines) is 1. The van der Waals surface area contributed by atoms with Gasteiger partial charge in [0.25, 0.3) is 0 Å². The minimum absolute atomic E-state index is 0.120. The van der Waals surface area contributed by atoms with Gasteiger partial charge in [-0.3, -0.25) is 4.90 Å². The minimum atomic E-state index is -0.120. The molecule has 4 rings (SSSR count). The van der Waals surface area contributed by atoms with E-state index in [1.54, 1.807) is 11.3 Å². The minimum Gasteiger partial charge on any atom is -0.390 e. The van der Waals surface area contributed by atoms with E-state index in [9.17, 15) is 5.11 Å². The Hall–Kier alpha value is -1.27. The van der Waals surface area contributed by atoms with Crippen molar-refractivity contribution in [2.75, 3.05) is 19.6 Å². The first kappa shape index (κ1) is 15.3. The topological polar surface area (TPSA) is 36.4 Å². The van der Waals surface area contributed by atoms with E-state index in [1.165, 1.54) is 26.2 Å². The van der Waals surface area contributed by atoms with Crippen molar-refractivity contribution in [1.29, 1.82) is 0 Å². The van der Waals surface area contributed by atoms with E-state index in [1.807, 2.05) is 16.8 Å². The molecule has 3 nitrogen and oxygen atoms in total. The number of benzene rings is 1. The number of aliphatic hydroxyl groups is 1. The SMILES string of the molecule is CC(c1cscn1)c1c(CCN2CC(O)C2)sc2ccccc12. The highest BCUT2D eigenvalue weighted by molar-refractivity contribution is 7.19. The van der Waals surface area contributed by atoms with Gasteiger partial charge in [-0.15, -0.1) is 22.7 Å². The number of thiophene rings is 1. The lowest BCUT2D eigenvalue weighted by molar-refractivity contribution is 0.00319. The first-order valence-electron chi connectivity index (χ1n) is 8.01. The van der Waals surface area contributed by atoms with Crippen LogP contribution < -0.4 is 0 Å². The van der Waals surface area contributed by atoms with Crippen LogP contribution in [0.4, 0.5) is 0 Å². The lowest BCUT2D eigenvalue weighted by Gasteiger charge is -2.35. The summed E-state index contributed by atoms with van der Waals surface area (Å²) in [6, 6.07) is 8.70. The second kappa shape index (κ2) is 6.32. The summed E-state index contributed by atoms with van der Waals surface area (Å²) in [5, 5.41) is 13.0. The third kappa shape index (κ3) is 2.94. The first-order chi connectivity index (χ1) is 11.2. The maximum Gasteiger partial charge on any atom is 0.0794 e. The van der Waals surface area contributed by atoms with E-state index in [4.69, 9.17) is 0 Å². The van der Waals surface area contributed by atoms with E-state index < -0.39 is 0 Å². The van der Waals surface area contributed by atoms with Crippen molar-refractivity contribution in [3.63, 3.8) is 0 Å². The summed E-state index contributed by atoms with van der Waals surface area (Å²) in [4.78, 5) is 8.32. The average Bonchev–Trinajstić information content (AvgIpc) is 3.17. The fraction of sp³-hybridized carbons (Fsp3) is 0.389. The van der Waals surface area contributed by atoms with Gasteiger partial charge < -0.3 is 5.11 Å². The monoisotopic (exact) mass is 344 g/mol. The quantitative estimate of drug-likeness (QED) is 0.766. The van der Waals surface area contributed by atoms with Crippen LogP contribution in [0.15, 0.2) is 35.2 Å². The van der Waals surface area contributed by atoms with Crippen molar-refractivity contribution < 1.29 is 5.11 Å². The number of fused-ring (bicyclic) bond motifs is 1. The predicted octanol–water partition coefficient (Wildman–Crippen LogP) is 3.73. The molecule has 120 valence electrons. The van der Waals surface area contributed by atoms with Gasteiger partial charge in [0.2, 0.25) is 0 Å². The van der Waals surface area contributed by atoms with E-state index in [0.29, 0.717) is 5.92 Å². The molecular weight excluding hydrogens is 324 g/mol. The van der Waals surface area contributed by atoms with E-state index >= 15 is 0 Å². The van der Waals surface area contributed by atoms with Gasteiger partial charge >= 0.3 is 0 Å². The zero-order valence-corrected chi connectivity index (χ0v) is 14.7. The summed E-state index contributed by atoms with van der Waals surface area (Å²) in [5.74, 6) is 0.328. The Balaban J connectivity index is 1.66. The summed E-state index contributed by atoms with van der Waals surface area (Å²) >= 11 is 3.58. The van der Waals surface area contributed by atoms with Crippen molar-refractivity contribution in [2.45, 2.75) is 25.4 Å². The number of aliphatic hydroxyl groups excluding tert-OH is 1. The second-order valence-electron chi connectivity index (χ2n) is 6.23. The Bertz CT molecular complexity index is 791. The van der Waals surface area contributed by atoms with Gasteiger partial charge in [0.15, 0.2) is 0 Å². The molecule has 1 unspecified atom stereocenters. The van der Waals surface area contributed by atoms with Crippen molar-refractivity contribution in [3.05, 3.63) is 51.3 Å². The van der Waals surface area contributed by atoms with Crippen LogP contribution in [0.3, 0.4) is 0 Å². The molecule has 1 fully saturated rings. The molecule has 0 aliphatic carbocycles. The predicted molar refractivity (Wildman–Crippen MR) is 97.6 cm³/mol. The Morgan fingerprint density at radius 1 is 1.35 bits per heavy atom. The molecule has 0 spiro atoms. The molecular formula is C18H20N2OS2. The maximum absolute atomic E-state index is 9.45. The summed E-state index contributed by atoms with van der Waals surface area (Å²) in [5.41, 5.74) is 4.53. The lowest BCUT2D eigenvalue weighted by atomic mass is 9.94. The molecule has 0 radical (unpaired) electrons. The largest absolute Gasteiger partial charge is 0.390 e. The van der Waals surface area contributed by atoms with E-state index in [0.717, 1.165) is 26.1 Å². The number of aromatic nitrogens is 1. The highest BCUT2D eigenvalue weighted by atomic mass is 32.1. The Morgan fingerprint density at radius 3 is 2.91 bits per heavy atom. The number of hydrogen-bond acceptors (Lipinski definition) is 5. The first-order valence-corrected chi connectivity index (χ1v) is 9.77. The molecule has 3 heterocycles. The highest BCUT2D eigenvalue weighted by Crippen LogP contribution is 2.39. The van der Waals surface area contributed by atoms with Gasteiger partial charge in [-0.2, -0.15) is 0 Å². The smallest absolute Gasteiger partial charge is 0.0794 e. The van der Waals surface area contributed by atoms with Crippen molar-refractivity contribution in [3.8, 4) is 0 Å². The standard InChI is InChI=1S/C18H20N2OS2/c1-12(15-10-22-11-19-15)18-14-4-2-3-5-16(14)23-17(18)6-7-20-8-13(21)9-20/h2-5,10-13,21H,6-9H2,1H3. The van der Waals surface area contributed by atoms with E-state index in [-0.39, 0.29) is 6.10 Å². The summed E-state index contributed by atoms with van der Waals surface area (Å²) in [6.07, 6.45) is 0.932.